The van der Waals surface area contributed by atoms with Crippen LogP contribution >= 0.6 is 0 Å². The first kappa shape index (κ1) is 27.3. The van der Waals surface area contributed by atoms with Crippen LogP contribution in [0.3, 0.4) is 0 Å². The second-order valence-electron chi connectivity index (χ2n) is 9.56. The molecule has 1 amide bonds. The number of hydrogen-bond donors (Lipinski definition) is 1. The second-order valence-corrected chi connectivity index (χ2v) is 9.56. The lowest BCUT2D eigenvalue weighted by atomic mass is 9.88. The van der Waals surface area contributed by atoms with Gasteiger partial charge in [0.05, 0.1) is 36.6 Å². The van der Waals surface area contributed by atoms with Crippen LogP contribution in [0, 0.1) is 5.92 Å². The van der Waals surface area contributed by atoms with E-state index in [2.05, 4.69) is 44.3 Å². The van der Waals surface area contributed by atoms with Gasteiger partial charge in [0.25, 0.3) is 6.47 Å². The fourth-order valence-corrected chi connectivity index (χ4v) is 4.25. The van der Waals surface area contributed by atoms with Crippen molar-refractivity contribution < 1.29 is 28.5 Å². The number of amides is 1. The number of methoxy groups -OCH3 is 1. The summed E-state index contributed by atoms with van der Waals surface area (Å²) in [5.41, 5.74) is 1.06. The molecule has 1 N–H and O–H groups in total. The largest absolute Gasteiger partial charge is 0.461 e. The Morgan fingerprint density at radius 1 is 1.30 bits per heavy atom. The van der Waals surface area contributed by atoms with Crippen LogP contribution in [0.2, 0.25) is 0 Å². The molecule has 2 fully saturated rings. The molecule has 33 heavy (non-hydrogen) atoms. The first-order valence-electron chi connectivity index (χ1n) is 11.9. The van der Waals surface area contributed by atoms with Gasteiger partial charge >= 0.3 is 0 Å². The van der Waals surface area contributed by atoms with E-state index in [4.69, 9.17) is 18.9 Å². The molecule has 0 spiro atoms. The van der Waals surface area contributed by atoms with E-state index in [0.717, 1.165) is 25.7 Å². The summed E-state index contributed by atoms with van der Waals surface area (Å²) in [6.07, 6.45) is 12.5. The van der Waals surface area contributed by atoms with Gasteiger partial charge in [-0.15, -0.1) is 0 Å². The lowest BCUT2D eigenvalue weighted by Gasteiger charge is -2.39. The minimum atomic E-state index is -0.435. The summed E-state index contributed by atoms with van der Waals surface area (Å²) in [4.78, 5) is 22.5. The zero-order valence-electron chi connectivity index (χ0n) is 20.9. The topological polar surface area (TPSA) is 83.1 Å². The first-order valence-corrected chi connectivity index (χ1v) is 11.9. The summed E-state index contributed by atoms with van der Waals surface area (Å²) in [6, 6.07) is -0.0563. The SMILES string of the molecule is COC1(C)CCOC(/C=C/C(C)=C/CC2OC(C)C(NC(=O)/C=C\C(C)OC=O)CC2C)C1. The van der Waals surface area contributed by atoms with E-state index >= 15 is 0 Å². The predicted molar refractivity (Wildman–Crippen MR) is 128 cm³/mol. The van der Waals surface area contributed by atoms with Crippen LogP contribution in [-0.4, -0.2) is 62.2 Å². The van der Waals surface area contributed by atoms with Crippen LogP contribution in [0.4, 0.5) is 0 Å². The molecule has 0 aromatic carbocycles. The monoisotopic (exact) mass is 463 g/mol. The van der Waals surface area contributed by atoms with Crippen molar-refractivity contribution >= 4 is 12.4 Å². The molecular weight excluding hydrogens is 422 g/mol. The van der Waals surface area contributed by atoms with Crippen molar-refractivity contribution in [2.75, 3.05) is 13.7 Å². The Balaban J connectivity index is 1.82. The van der Waals surface area contributed by atoms with Crippen molar-refractivity contribution in [3.05, 3.63) is 36.0 Å². The highest BCUT2D eigenvalue weighted by Gasteiger charge is 2.34. The maximum Gasteiger partial charge on any atom is 0.293 e. The second kappa shape index (κ2) is 13.1. The maximum absolute atomic E-state index is 12.2. The summed E-state index contributed by atoms with van der Waals surface area (Å²) in [5.74, 6) is 0.0998. The molecule has 0 aromatic rings. The number of hydrogen-bond acceptors (Lipinski definition) is 6. The van der Waals surface area contributed by atoms with Crippen molar-refractivity contribution in [2.45, 2.75) is 96.4 Å². The minimum Gasteiger partial charge on any atom is -0.461 e. The third-order valence-corrected chi connectivity index (χ3v) is 6.67. The van der Waals surface area contributed by atoms with E-state index in [-0.39, 0.29) is 35.9 Å². The molecule has 2 heterocycles. The van der Waals surface area contributed by atoms with Crippen LogP contribution in [0.25, 0.3) is 0 Å². The van der Waals surface area contributed by atoms with E-state index in [0.29, 0.717) is 19.0 Å². The highest BCUT2D eigenvalue weighted by Crippen LogP contribution is 2.29. The molecule has 0 bridgehead atoms. The third kappa shape index (κ3) is 9.07. The molecule has 0 saturated carbocycles. The molecule has 7 atom stereocenters. The van der Waals surface area contributed by atoms with Crippen LogP contribution < -0.4 is 5.32 Å². The summed E-state index contributed by atoms with van der Waals surface area (Å²) >= 11 is 0. The lowest BCUT2D eigenvalue weighted by Crippen LogP contribution is -2.50. The van der Waals surface area contributed by atoms with Gasteiger partial charge in [0, 0.05) is 19.6 Å². The van der Waals surface area contributed by atoms with Gasteiger partial charge in [-0.3, -0.25) is 9.59 Å². The highest BCUT2D eigenvalue weighted by molar-refractivity contribution is 5.87. The van der Waals surface area contributed by atoms with Gasteiger partial charge in [0.2, 0.25) is 5.91 Å². The molecule has 2 aliphatic heterocycles. The summed E-state index contributed by atoms with van der Waals surface area (Å²) in [6.45, 7) is 11.2. The van der Waals surface area contributed by atoms with Crippen LogP contribution in [-0.2, 0) is 28.5 Å². The average Bonchev–Trinajstić information content (AvgIpc) is 2.78. The number of allylic oxidation sites excluding steroid dienone is 2. The van der Waals surface area contributed by atoms with E-state index in [1.807, 2.05) is 6.92 Å². The molecule has 7 nitrogen and oxygen atoms in total. The first-order chi connectivity index (χ1) is 15.7. The van der Waals surface area contributed by atoms with Crippen molar-refractivity contribution in [2.24, 2.45) is 5.92 Å². The Hall–Kier alpha value is -1.96. The molecular formula is C26H41NO6. The van der Waals surface area contributed by atoms with Gasteiger partial charge in [0.1, 0.15) is 6.10 Å². The van der Waals surface area contributed by atoms with Gasteiger partial charge in [0.15, 0.2) is 0 Å². The fourth-order valence-electron chi connectivity index (χ4n) is 4.25. The van der Waals surface area contributed by atoms with Gasteiger partial charge in [-0.05, 0) is 59.0 Å². The molecule has 2 rings (SSSR count). The Bertz CT molecular complexity index is 732. The fraction of sp³-hybridized carbons (Fsp3) is 0.692. The number of nitrogens with one attached hydrogen (secondary N) is 1. The van der Waals surface area contributed by atoms with E-state index in [1.54, 1.807) is 20.1 Å². The van der Waals surface area contributed by atoms with E-state index in [9.17, 15) is 9.59 Å². The van der Waals surface area contributed by atoms with Crippen LogP contribution in [0.5, 0.6) is 0 Å². The standard InChI is InChI=1S/C26H41NO6/c1-18(7-10-22-16-26(5,30-6)13-14-31-22)8-11-24-19(2)15-23(21(4)33-24)27-25(29)12-9-20(3)32-17-28/h7-10,12,17,19-24H,11,13-16H2,1-6H3,(H,27,29)/b10-7+,12-9-,18-8+. The van der Waals surface area contributed by atoms with E-state index < -0.39 is 6.10 Å². The third-order valence-electron chi connectivity index (χ3n) is 6.67. The maximum atomic E-state index is 12.2. The molecule has 7 unspecified atom stereocenters. The molecule has 186 valence electrons. The molecule has 2 saturated heterocycles. The summed E-state index contributed by atoms with van der Waals surface area (Å²) in [5, 5.41) is 3.00. The molecule has 0 aromatic heterocycles. The summed E-state index contributed by atoms with van der Waals surface area (Å²) in [7, 11) is 1.77. The number of ether oxygens (including phenoxy) is 4. The van der Waals surface area contributed by atoms with E-state index in [1.165, 1.54) is 11.6 Å². The Labute approximate surface area is 198 Å². The van der Waals surface area contributed by atoms with Crippen molar-refractivity contribution in [1.29, 1.82) is 0 Å². The number of carbonyl (C=O) groups excluding carboxylic acids is 2. The quantitative estimate of drug-likeness (QED) is 0.301. The Kier molecular flexibility index (Phi) is 10.8. The van der Waals surface area contributed by atoms with Gasteiger partial charge in [-0.1, -0.05) is 30.7 Å². The zero-order chi connectivity index (χ0) is 24.4. The minimum absolute atomic E-state index is 0.0563. The molecule has 0 radical (unpaired) electrons. The molecule has 7 heteroatoms. The normalized spacial score (nSPS) is 34.4. The smallest absolute Gasteiger partial charge is 0.293 e. The van der Waals surface area contributed by atoms with Crippen LogP contribution in [0.1, 0.15) is 60.3 Å². The van der Waals surface area contributed by atoms with Crippen molar-refractivity contribution in [3.63, 3.8) is 0 Å². The lowest BCUT2D eigenvalue weighted by molar-refractivity contribution is -0.131. The number of rotatable bonds is 10. The van der Waals surface area contributed by atoms with Gasteiger partial charge in [-0.2, -0.15) is 0 Å². The summed E-state index contributed by atoms with van der Waals surface area (Å²) < 4.78 is 22.5. The van der Waals surface area contributed by atoms with Gasteiger partial charge in [-0.25, -0.2) is 0 Å². The Morgan fingerprint density at radius 2 is 2.06 bits per heavy atom. The van der Waals surface area contributed by atoms with Gasteiger partial charge < -0.3 is 24.3 Å². The zero-order valence-corrected chi connectivity index (χ0v) is 20.9. The molecule has 0 aliphatic carbocycles. The predicted octanol–water partition coefficient (Wildman–Crippen LogP) is 3.88. The highest BCUT2D eigenvalue weighted by atomic mass is 16.5. The number of carbonyl (C=O) groups is 2. The van der Waals surface area contributed by atoms with Crippen LogP contribution in [0.15, 0.2) is 36.0 Å². The van der Waals surface area contributed by atoms with Crippen molar-refractivity contribution in [3.8, 4) is 0 Å². The molecule has 2 aliphatic rings. The Morgan fingerprint density at radius 3 is 2.76 bits per heavy atom. The van der Waals surface area contributed by atoms with Crippen molar-refractivity contribution in [1.82, 2.24) is 5.32 Å². The average molecular weight is 464 g/mol.